The van der Waals surface area contributed by atoms with E-state index in [9.17, 15) is 4.79 Å². The molecule has 4 rings (SSSR count). The minimum atomic E-state index is -0.838. The number of nitrogens with two attached hydrogens (primary N) is 1. The zero-order chi connectivity index (χ0) is 18.3. The average molecular weight is 354 g/mol. The van der Waals surface area contributed by atoms with Gasteiger partial charge >= 0.3 is 6.01 Å². The second kappa shape index (κ2) is 6.28. The van der Waals surface area contributed by atoms with Gasteiger partial charge in [-0.15, -0.1) is 0 Å². The first-order valence-electron chi connectivity index (χ1n) is 8.84. The first kappa shape index (κ1) is 16.8. The van der Waals surface area contributed by atoms with Gasteiger partial charge in [-0.3, -0.25) is 10.5 Å². The number of amidine groups is 1. The van der Waals surface area contributed by atoms with E-state index in [1.165, 1.54) is 7.11 Å². The third kappa shape index (κ3) is 2.52. The number of fused-ring (bicyclic) bond motifs is 1. The van der Waals surface area contributed by atoms with Crippen LogP contribution in [0.5, 0.6) is 6.01 Å². The van der Waals surface area contributed by atoms with E-state index in [2.05, 4.69) is 25.3 Å². The van der Waals surface area contributed by atoms with Gasteiger partial charge < -0.3 is 10.1 Å². The summed E-state index contributed by atoms with van der Waals surface area (Å²) in [5.41, 5.74) is 7.35. The molecule has 2 aliphatic heterocycles. The summed E-state index contributed by atoms with van der Waals surface area (Å²) in [7, 11) is 1.52. The summed E-state index contributed by atoms with van der Waals surface area (Å²) < 4.78 is 5.07. The number of amides is 1. The van der Waals surface area contributed by atoms with E-state index in [1.54, 1.807) is 12.4 Å². The van der Waals surface area contributed by atoms with Crippen LogP contribution in [-0.2, 0) is 10.2 Å². The normalized spacial score (nSPS) is 28.7. The molecule has 8 nitrogen and oxygen atoms in total. The Kier molecular flexibility index (Phi) is 4.07. The number of carbonyl (C=O) groups is 1. The second-order valence-electron chi connectivity index (χ2n) is 6.93. The number of ether oxygens (including phenoxy) is 1. The number of methoxy groups -OCH3 is 1. The van der Waals surface area contributed by atoms with Crippen molar-refractivity contribution in [3.63, 3.8) is 0 Å². The van der Waals surface area contributed by atoms with Gasteiger partial charge in [0.1, 0.15) is 5.84 Å². The van der Waals surface area contributed by atoms with E-state index in [0.29, 0.717) is 5.84 Å². The summed E-state index contributed by atoms with van der Waals surface area (Å²) >= 11 is 0. The molecule has 1 saturated carbocycles. The van der Waals surface area contributed by atoms with Crippen LogP contribution < -0.4 is 15.8 Å². The molecule has 3 aliphatic rings. The van der Waals surface area contributed by atoms with Crippen LogP contribution in [0.1, 0.15) is 38.2 Å². The van der Waals surface area contributed by atoms with Gasteiger partial charge in [0.15, 0.2) is 6.29 Å². The molecular formula is C18H22N6O2. The van der Waals surface area contributed by atoms with Crippen molar-refractivity contribution in [1.29, 1.82) is 0 Å². The number of rotatable bonds is 3. The number of hydrogen-bond donors (Lipinski definition) is 2. The van der Waals surface area contributed by atoms with E-state index in [4.69, 9.17) is 10.5 Å². The van der Waals surface area contributed by atoms with Crippen LogP contribution in [0.15, 0.2) is 34.0 Å². The Balaban J connectivity index is 1.89. The van der Waals surface area contributed by atoms with Crippen molar-refractivity contribution in [2.75, 3.05) is 7.11 Å². The van der Waals surface area contributed by atoms with E-state index in [1.807, 2.05) is 13.0 Å². The maximum Gasteiger partial charge on any atom is 0.316 e. The molecule has 1 aliphatic carbocycles. The molecule has 0 aromatic carbocycles. The Labute approximate surface area is 151 Å². The lowest BCUT2D eigenvalue weighted by atomic mass is 9.66. The lowest BCUT2D eigenvalue weighted by molar-refractivity contribution is -0.125. The van der Waals surface area contributed by atoms with Crippen molar-refractivity contribution in [3.05, 3.63) is 29.6 Å². The van der Waals surface area contributed by atoms with Crippen LogP contribution in [0.4, 0.5) is 0 Å². The molecule has 26 heavy (non-hydrogen) atoms. The number of aromatic nitrogens is 2. The Hall–Kier alpha value is -2.61. The molecule has 2 unspecified atom stereocenters. The molecule has 3 N–H and O–H groups in total. The third-order valence-corrected chi connectivity index (χ3v) is 5.50. The van der Waals surface area contributed by atoms with E-state index in [-0.39, 0.29) is 17.8 Å². The molecule has 1 fully saturated rings. The Morgan fingerprint density at radius 1 is 1.23 bits per heavy atom. The van der Waals surface area contributed by atoms with Gasteiger partial charge in [0.2, 0.25) is 5.91 Å². The van der Waals surface area contributed by atoms with Gasteiger partial charge in [-0.1, -0.05) is 18.9 Å². The fraction of sp³-hybridized carbons (Fsp3) is 0.500. The highest BCUT2D eigenvalue weighted by Gasteiger charge is 2.50. The second-order valence-corrected chi connectivity index (χ2v) is 6.93. The van der Waals surface area contributed by atoms with Crippen molar-refractivity contribution in [1.82, 2.24) is 15.3 Å². The van der Waals surface area contributed by atoms with Gasteiger partial charge in [0.05, 0.1) is 12.5 Å². The van der Waals surface area contributed by atoms with E-state index >= 15 is 0 Å². The molecule has 0 bridgehead atoms. The van der Waals surface area contributed by atoms with E-state index < -0.39 is 11.7 Å². The van der Waals surface area contributed by atoms with Crippen LogP contribution in [0.2, 0.25) is 0 Å². The van der Waals surface area contributed by atoms with Crippen LogP contribution in [0.3, 0.4) is 0 Å². The molecule has 0 spiro atoms. The first-order chi connectivity index (χ1) is 12.5. The highest BCUT2D eigenvalue weighted by Crippen LogP contribution is 2.45. The van der Waals surface area contributed by atoms with Crippen molar-refractivity contribution >= 4 is 17.5 Å². The predicted octanol–water partition coefficient (Wildman–Crippen LogP) is 1.08. The van der Waals surface area contributed by atoms with Crippen LogP contribution in [-0.4, -0.2) is 40.8 Å². The van der Waals surface area contributed by atoms with Gasteiger partial charge in [0.25, 0.3) is 0 Å². The van der Waals surface area contributed by atoms with Crippen molar-refractivity contribution in [2.45, 2.75) is 44.3 Å². The van der Waals surface area contributed by atoms with Crippen LogP contribution >= 0.6 is 0 Å². The molecule has 1 aromatic rings. The molecule has 2 atom stereocenters. The topological polar surface area (TPSA) is 115 Å². The molecule has 0 saturated heterocycles. The highest BCUT2D eigenvalue weighted by atomic mass is 16.5. The fourth-order valence-electron chi connectivity index (χ4n) is 4.22. The molecule has 1 amide bonds. The maximum absolute atomic E-state index is 13.3. The summed E-state index contributed by atoms with van der Waals surface area (Å²) in [6.07, 6.45) is 8.87. The number of hydrogen-bond acceptors (Lipinski definition) is 7. The molecular weight excluding hydrogens is 332 g/mol. The van der Waals surface area contributed by atoms with Crippen molar-refractivity contribution in [2.24, 2.45) is 21.6 Å². The summed E-state index contributed by atoms with van der Waals surface area (Å²) in [6, 6.07) is 0.280. The Bertz CT molecular complexity index is 823. The summed E-state index contributed by atoms with van der Waals surface area (Å²) in [4.78, 5) is 30.4. The maximum atomic E-state index is 13.3. The summed E-state index contributed by atoms with van der Waals surface area (Å²) in [6.45, 7) is 1.89. The number of aliphatic imine (C=N–C) groups is 2. The monoisotopic (exact) mass is 354 g/mol. The first-order valence-corrected chi connectivity index (χ1v) is 8.84. The number of carbonyl (C=O) groups excluding carboxylic acids is 1. The smallest absolute Gasteiger partial charge is 0.316 e. The third-order valence-electron chi connectivity index (χ3n) is 5.50. The molecule has 8 heteroatoms. The molecule has 0 radical (unpaired) electrons. The summed E-state index contributed by atoms with van der Waals surface area (Å²) in [5, 5.41) is 2.97. The lowest BCUT2D eigenvalue weighted by Crippen LogP contribution is -2.55. The summed E-state index contributed by atoms with van der Waals surface area (Å²) in [5.74, 6) is 0.567. The van der Waals surface area contributed by atoms with Crippen molar-refractivity contribution < 1.29 is 9.53 Å². The zero-order valence-electron chi connectivity index (χ0n) is 14.9. The minimum absolute atomic E-state index is 0.109. The quantitative estimate of drug-likeness (QED) is 0.843. The molecule has 1 aromatic heterocycles. The van der Waals surface area contributed by atoms with Crippen LogP contribution in [0.25, 0.3) is 0 Å². The predicted molar refractivity (Wildman–Crippen MR) is 97.0 cm³/mol. The number of nitrogens with one attached hydrogen (secondary N) is 1. The minimum Gasteiger partial charge on any atom is -0.467 e. The van der Waals surface area contributed by atoms with Gasteiger partial charge in [-0.05, 0) is 25.7 Å². The molecule has 3 heterocycles. The van der Waals surface area contributed by atoms with Gasteiger partial charge in [0, 0.05) is 29.2 Å². The van der Waals surface area contributed by atoms with Gasteiger partial charge in [-0.25, -0.2) is 20.0 Å². The zero-order valence-corrected chi connectivity index (χ0v) is 14.9. The molecule has 136 valence electrons. The number of nitrogens with zero attached hydrogens (tertiary/aromatic N) is 4. The highest BCUT2D eigenvalue weighted by molar-refractivity contribution is 6.29. The lowest BCUT2D eigenvalue weighted by Gasteiger charge is -2.40. The van der Waals surface area contributed by atoms with Crippen LogP contribution in [0, 0.1) is 5.92 Å². The van der Waals surface area contributed by atoms with E-state index in [0.717, 1.165) is 42.5 Å². The SMILES string of the molecule is COc1ncc(C2(C3CCCC3)C=C3C(C)=NC(N)N=C3NC2=O)cn1. The van der Waals surface area contributed by atoms with Crippen molar-refractivity contribution in [3.8, 4) is 6.01 Å². The largest absolute Gasteiger partial charge is 0.467 e. The fourth-order valence-corrected chi connectivity index (χ4v) is 4.22. The van der Waals surface area contributed by atoms with Gasteiger partial charge in [-0.2, -0.15) is 0 Å². The standard InChI is InChI=1S/C18H22N6O2/c1-10-13-7-18(11-5-3-4-6-11,12-8-20-17(26-2)21-9-12)15(25)23-14(13)24-16(19)22-10/h7-9,11,16H,3-6,19H2,1-2H3,(H,23,24,25). The Morgan fingerprint density at radius 2 is 1.92 bits per heavy atom. The average Bonchev–Trinajstić information content (AvgIpc) is 3.16. The Morgan fingerprint density at radius 3 is 2.58 bits per heavy atom.